The van der Waals surface area contributed by atoms with Crippen molar-refractivity contribution in [3.8, 4) is 11.5 Å². The van der Waals surface area contributed by atoms with Crippen LogP contribution in [-0.4, -0.2) is 50.3 Å². The number of nitro groups is 1. The van der Waals surface area contributed by atoms with E-state index < -0.39 is 86.1 Å². The van der Waals surface area contributed by atoms with Gasteiger partial charge in [-0.3, -0.25) is 34.7 Å². The molecule has 0 bridgehead atoms. The average molecular weight is 837 g/mol. The standard InChI is InChI=1S/C40H30Cl2F3N5O8/c1-2-58-31-14-19(6-13-30(31)51)33-25-11-12-26-32(37(54)48(35(26)52)23-4-3-5-24(16-23)50(56)57)27(25)17-28-36(53)49(38(55)39(28,33)20-7-9-22(41)10-8-20)47-34-29(42)15-21(18-46-34)40(43,44)45/h3-11,13-16,18,26-28,32-33,51H,2,12,17H2,1H3,(H,46,47)/t26-,27+,28-,32-,33-,39+/m0/s1. The molecule has 1 aromatic heterocycles. The number of aromatic hydroxyl groups is 1. The molecule has 8 rings (SSSR count). The lowest BCUT2D eigenvalue weighted by Crippen LogP contribution is -2.53. The topological polar surface area (TPSA) is 172 Å². The minimum Gasteiger partial charge on any atom is -0.504 e. The number of non-ortho nitro benzene ring substituents is 1. The highest BCUT2D eigenvalue weighted by molar-refractivity contribution is 6.33. The van der Waals surface area contributed by atoms with Crippen molar-refractivity contribution in [2.45, 2.75) is 37.3 Å². The highest BCUT2D eigenvalue weighted by Gasteiger charge is 2.70. The number of hydrogen-bond donors (Lipinski definition) is 2. The van der Waals surface area contributed by atoms with Crippen LogP contribution in [0.1, 0.15) is 42.4 Å². The number of pyridine rings is 1. The summed E-state index contributed by atoms with van der Waals surface area (Å²) in [6.45, 7) is 1.86. The minimum absolute atomic E-state index is 0.00586. The van der Waals surface area contributed by atoms with Crippen LogP contribution >= 0.6 is 23.2 Å². The molecule has 4 aliphatic rings. The Balaban J connectivity index is 1.31. The number of phenols is 1. The predicted molar refractivity (Wildman–Crippen MR) is 202 cm³/mol. The summed E-state index contributed by atoms with van der Waals surface area (Å²) in [4.78, 5) is 74.6. The van der Waals surface area contributed by atoms with E-state index in [-0.39, 0.29) is 42.3 Å². The first kappa shape index (κ1) is 38.9. The van der Waals surface area contributed by atoms with Gasteiger partial charge in [0.1, 0.15) is 0 Å². The van der Waals surface area contributed by atoms with E-state index in [4.69, 9.17) is 27.9 Å². The summed E-state index contributed by atoms with van der Waals surface area (Å²) in [5.41, 5.74) is 0.536. The molecule has 6 atom stereocenters. The molecule has 3 aromatic carbocycles. The first-order chi connectivity index (χ1) is 27.6. The number of aromatic nitrogens is 1. The van der Waals surface area contributed by atoms with Gasteiger partial charge in [-0.15, -0.1) is 0 Å². The number of fused-ring (bicyclic) bond motifs is 4. The van der Waals surface area contributed by atoms with Crippen LogP contribution in [0.5, 0.6) is 11.5 Å². The van der Waals surface area contributed by atoms with E-state index in [1.165, 1.54) is 42.5 Å². The Bertz CT molecular complexity index is 2470. The monoisotopic (exact) mass is 835 g/mol. The summed E-state index contributed by atoms with van der Waals surface area (Å²) in [5.74, 6) is -8.61. The molecule has 2 aliphatic carbocycles. The van der Waals surface area contributed by atoms with Crippen molar-refractivity contribution < 1.29 is 47.1 Å². The maximum atomic E-state index is 15.4. The van der Waals surface area contributed by atoms with Gasteiger partial charge in [-0.1, -0.05) is 59.1 Å². The predicted octanol–water partition coefficient (Wildman–Crippen LogP) is 7.61. The van der Waals surface area contributed by atoms with Crippen LogP contribution in [0.25, 0.3) is 0 Å². The zero-order valence-corrected chi connectivity index (χ0v) is 31.6. The number of nitrogens with one attached hydrogen (secondary N) is 1. The Morgan fingerprint density at radius 1 is 1.00 bits per heavy atom. The average Bonchev–Trinajstić information content (AvgIpc) is 3.57. The molecule has 2 aliphatic heterocycles. The number of nitro benzene ring substituents is 1. The Morgan fingerprint density at radius 2 is 1.74 bits per heavy atom. The Labute approximate surface area is 337 Å². The highest BCUT2D eigenvalue weighted by atomic mass is 35.5. The van der Waals surface area contributed by atoms with Crippen LogP contribution in [0.2, 0.25) is 10.0 Å². The smallest absolute Gasteiger partial charge is 0.417 e. The number of imide groups is 2. The lowest BCUT2D eigenvalue weighted by molar-refractivity contribution is -0.384. The van der Waals surface area contributed by atoms with E-state index >= 15 is 4.79 Å². The normalized spacial score (nSPS) is 25.3. The second kappa shape index (κ2) is 14.1. The molecule has 4 aromatic rings. The maximum absolute atomic E-state index is 15.4. The number of phenolic OH excluding ortho intramolecular Hbond substituents is 1. The summed E-state index contributed by atoms with van der Waals surface area (Å²) < 4.78 is 46.3. The summed E-state index contributed by atoms with van der Waals surface area (Å²) in [6.07, 6.45) is -2.62. The number of benzene rings is 3. The fourth-order valence-electron chi connectivity index (χ4n) is 9.14. The molecule has 0 radical (unpaired) electrons. The summed E-state index contributed by atoms with van der Waals surface area (Å²) in [5, 5.41) is 22.8. The maximum Gasteiger partial charge on any atom is 0.417 e. The van der Waals surface area contributed by atoms with Crippen molar-refractivity contribution >= 4 is 64.0 Å². The lowest BCUT2D eigenvalue weighted by atomic mass is 9.49. The molecule has 0 unspecified atom stereocenters. The molecule has 1 saturated carbocycles. The van der Waals surface area contributed by atoms with Gasteiger partial charge in [0.15, 0.2) is 17.3 Å². The second-order valence-electron chi connectivity index (χ2n) is 14.4. The number of rotatable bonds is 8. The van der Waals surface area contributed by atoms with Crippen molar-refractivity contribution in [2.24, 2.45) is 23.7 Å². The molecule has 4 amide bonds. The molecule has 0 spiro atoms. The van der Waals surface area contributed by atoms with Crippen LogP contribution < -0.4 is 15.1 Å². The van der Waals surface area contributed by atoms with Crippen LogP contribution in [-0.2, 0) is 30.8 Å². The molecular weight excluding hydrogens is 806 g/mol. The molecule has 3 fully saturated rings. The van der Waals surface area contributed by atoms with E-state index in [0.717, 1.165) is 11.0 Å². The summed E-state index contributed by atoms with van der Waals surface area (Å²) in [7, 11) is 0. The van der Waals surface area contributed by atoms with Gasteiger partial charge in [-0.2, -0.15) is 18.2 Å². The number of ether oxygens (including phenoxy) is 1. The molecule has 13 nitrogen and oxygen atoms in total. The minimum atomic E-state index is -4.79. The third-order valence-electron chi connectivity index (χ3n) is 11.5. The van der Waals surface area contributed by atoms with E-state index in [1.807, 2.05) is 0 Å². The Hall–Kier alpha value is -6.00. The van der Waals surface area contributed by atoms with Gasteiger partial charge in [0, 0.05) is 29.3 Å². The third kappa shape index (κ3) is 5.95. The summed E-state index contributed by atoms with van der Waals surface area (Å²) in [6, 6.07) is 16.5. The SMILES string of the molecule is CCOc1cc([C@H]2C3=CC[C@@H]4C(=O)N(c5cccc([N+](=O)[O-])c5)C(=O)[C@@H]4[C@@H]3C[C@H]3C(=O)N(Nc4ncc(C(F)(F)F)cc4Cl)C(=O)[C@@]23c2ccc(Cl)cc2)ccc1O. The van der Waals surface area contributed by atoms with Gasteiger partial charge in [0.2, 0.25) is 11.8 Å². The van der Waals surface area contributed by atoms with E-state index in [9.17, 15) is 42.8 Å². The number of amides is 4. The third-order valence-corrected chi connectivity index (χ3v) is 12.0. The van der Waals surface area contributed by atoms with Gasteiger partial charge in [0.25, 0.3) is 17.5 Å². The number of halogens is 5. The van der Waals surface area contributed by atoms with Crippen molar-refractivity contribution in [1.29, 1.82) is 0 Å². The summed E-state index contributed by atoms with van der Waals surface area (Å²) >= 11 is 12.6. The van der Waals surface area contributed by atoms with E-state index in [0.29, 0.717) is 39.0 Å². The van der Waals surface area contributed by atoms with E-state index in [1.54, 1.807) is 31.2 Å². The molecule has 2 N–H and O–H groups in total. The largest absolute Gasteiger partial charge is 0.504 e. The molecule has 2 saturated heterocycles. The quantitative estimate of drug-likeness (QED) is 0.0779. The zero-order valence-electron chi connectivity index (χ0n) is 30.1. The Morgan fingerprint density at radius 3 is 2.41 bits per heavy atom. The second-order valence-corrected chi connectivity index (χ2v) is 15.2. The van der Waals surface area contributed by atoms with Crippen molar-refractivity contribution in [1.82, 2.24) is 9.99 Å². The molecule has 58 heavy (non-hydrogen) atoms. The fraction of sp³-hybridized carbons (Fsp3) is 0.275. The lowest BCUT2D eigenvalue weighted by Gasteiger charge is -2.50. The number of allylic oxidation sites excluding steroid dienone is 2. The van der Waals surface area contributed by atoms with Gasteiger partial charge < -0.3 is 9.84 Å². The van der Waals surface area contributed by atoms with Crippen LogP contribution in [0, 0.1) is 33.8 Å². The van der Waals surface area contributed by atoms with Crippen molar-refractivity contribution in [3.63, 3.8) is 0 Å². The number of nitrogens with zero attached hydrogens (tertiary/aromatic N) is 4. The number of anilines is 2. The fourth-order valence-corrected chi connectivity index (χ4v) is 9.47. The number of hydrazine groups is 1. The molecule has 18 heteroatoms. The van der Waals surface area contributed by atoms with Gasteiger partial charge in [0.05, 0.1) is 51.0 Å². The first-order valence-corrected chi connectivity index (χ1v) is 18.7. The van der Waals surface area contributed by atoms with Gasteiger partial charge in [-0.05, 0) is 73.2 Å². The van der Waals surface area contributed by atoms with E-state index in [2.05, 4.69) is 10.4 Å². The van der Waals surface area contributed by atoms with Gasteiger partial charge in [-0.25, -0.2) is 9.88 Å². The molecular formula is C40H30Cl2F3N5O8. The highest BCUT2D eigenvalue weighted by Crippen LogP contribution is 2.64. The van der Waals surface area contributed by atoms with Crippen LogP contribution in [0.15, 0.2) is 90.6 Å². The number of carbonyl (C=O) groups excluding carboxylic acids is 4. The van der Waals surface area contributed by atoms with Crippen molar-refractivity contribution in [2.75, 3.05) is 16.9 Å². The van der Waals surface area contributed by atoms with Gasteiger partial charge >= 0.3 is 6.18 Å². The number of hydrogen-bond acceptors (Lipinski definition) is 10. The molecule has 3 heterocycles. The zero-order chi connectivity index (χ0) is 41.4. The van der Waals surface area contributed by atoms with Crippen molar-refractivity contribution in [3.05, 3.63) is 127 Å². The number of carbonyl (C=O) groups is 4. The Kier molecular flexibility index (Phi) is 9.46. The number of alkyl halides is 3. The van der Waals surface area contributed by atoms with Crippen LogP contribution in [0.4, 0.5) is 30.4 Å². The molecule has 298 valence electrons. The van der Waals surface area contributed by atoms with Crippen LogP contribution in [0.3, 0.4) is 0 Å². The first-order valence-electron chi connectivity index (χ1n) is 18.0.